The van der Waals surface area contributed by atoms with E-state index >= 15 is 0 Å². The van der Waals surface area contributed by atoms with Crippen molar-refractivity contribution in [3.05, 3.63) is 52.6 Å². The Morgan fingerprint density at radius 1 is 1.18 bits per heavy atom. The third-order valence-corrected chi connectivity index (χ3v) is 4.68. The van der Waals surface area contributed by atoms with Gasteiger partial charge in [-0.25, -0.2) is 9.97 Å². The molecule has 0 fully saturated rings. The maximum atomic E-state index is 5.98. The average molecular weight is 333 g/mol. The molecule has 22 heavy (non-hydrogen) atoms. The molecule has 3 rings (SSSR count). The van der Waals surface area contributed by atoms with E-state index in [9.17, 15) is 0 Å². The molecule has 114 valence electrons. The van der Waals surface area contributed by atoms with E-state index < -0.39 is 0 Å². The summed E-state index contributed by atoms with van der Waals surface area (Å²) in [5.41, 5.74) is 1.22. The van der Waals surface area contributed by atoms with Crippen molar-refractivity contribution in [2.45, 2.75) is 6.04 Å². The Balaban J connectivity index is 1.80. The first-order valence-corrected chi connectivity index (χ1v) is 8.25. The number of aromatic nitrogens is 2. The molecule has 4 nitrogen and oxygen atoms in total. The summed E-state index contributed by atoms with van der Waals surface area (Å²) < 4.78 is 0. The van der Waals surface area contributed by atoms with Crippen LogP contribution in [0.3, 0.4) is 0 Å². The number of hydrogen-bond donors (Lipinski definition) is 1. The summed E-state index contributed by atoms with van der Waals surface area (Å²) >= 11 is 7.60. The first-order chi connectivity index (χ1) is 10.6. The van der Waals surface area contributed by atoms with Gasteiger partial charge in [0.2, 0.25) is 0 Å². The molecule has 0 saturated carbocycles. The smallest absolute Gasteiger partial charge is 0.138 e. The predicted molar refractivity (Wildman–Crippen MR) is 93.8 cm³/mol. The lowest BCUT2D eigenvalue weighted by molar-refractivity contribution is 0.311. The van der Waals surface area contributed by atoms with Crippen LogP contribution in [0, 0.1) is 0 Å². The summed E-state index contributed by atoms with van der Waals surface area (Å²) in [6, 6.07) is 10.3. The minimum atomic E-state index is 0.237. The Bertz CT molecular complexity index is 754. The van der Waals surface area contributed by atoms with Crippen molar-refractivity contribution in [2.75, 3.05) is 26.0 Å². The number of nitrogens with zero attached hydrogens (tertiary/aromatic N) is 3. The van der Waals surface area contributed by atoms with Gasteiger partial charge in [0.05, 0.1) is 11.4 Å². The number of likely N-dealkylation sites (N-methyl/N-ethyl adjacent to an activating group) is 1. The summed E-state index contributed by atoms with van der Waals surface area (Å²) in [7, 11) is 4.14. The fourth-order valence-electron chi connectivity index (χ4n) is 2.41. The summed E-state index contributed by atoms with van der Waals surface area (Å²) in [6.07, 6.45) is 1.61. The lowest BCUT2D eigenvalue weighted by Crippen LogP contribution is -2.27. The van der Waals surface area contributed by atoms with Gasteiger partial charge in [0.1, 0.15) is 17.0 Å². The van der Waals surface area contributed by atoms with Crippen LogP contribution in [0.25, 0.3) is 10.2 Å². The number of benzene rings is 1. The SMILES string of the molecule is CN(C)C(CNc1ncnc2sccc12)c1ccc(Cl)cc1. The topological polar surface area (TPSA) is 41.0 Å². The van der Waals surface area contributed by atoms with Crippen molar-refractivity contribution < 1.29 is 0 Å². The van der Waals surface area contributed by atoms with E-state index in [1.165, 1.54) is 5.56 Å². The van der Waals surface area contributed by atoms with Gasteiger partial charge in [0.25, 0.3) is 0 Å². The minimum Gasteiger partial charge on any atom is -0.368 e. The molecule has 0 aliphatic carbocycles. The number of nitrogens with one attached hydrogen (secondary N) is 1. The van der Waals surface area contributed by atoms with Crippen LogP contribution in [0.5, 0.6) is 0 Å². The molecule has 1 aromatic carbocycles. The number of halogens is 1. The minimum absolute atomic E-state index is 0.237. The molecule has 2 aromatic heterocycles. The van der Waals surface area contributed by atoms with Gasteiger partial charge >= 0.3 is 0 Å². The molecule has 1 atom stereocenters. The summed E-state index contributed by atoms with van der Waals surface area (Å²) in [6.45, 7) is 0.761. The van der Waals surface area contributed by atoms with Gasteiger partial charge in [-0.2, -0.15) is 0 Å². The average Bonchev–Trinajstić information content (AvgIpc) is 2.98. The summed E-state index contributed by atoms with van der Waals surface area (Å²) in [5, 5.41) is 7.31. The number of thiophene rings is 1. The highest BCUT2D eigenvalue weighted by atomic mass is 35.5. The van der Waals surface area contributed by atoms with E-state index in [4.69, 9.17) is 11.6 Å². The maximum Gasteiger partial charge on any atom is 0.138 e. The molecule has 6 heteroatoms. The molecule has 2 heterocycles. The van der Waals surface area contributed by atoms with Crippen LogP contribution in [0.4, 0.5) is 5.82 Å². The first-order valence-electron chi connectivity index (χ1n) is 6.99. The molecule has 3 aromatic rings. The zero-order chi connectivity index (χ0) is 15.5. The number of fused-ring (bicyclic) bond motifs is 1. The van der Waals surface area contributed by atoms with Crippen LogP contribution in [0.2, 0.25) is 5.02 Å². The zero-order valence-electron chi connectivity index (χ0n) is 12.5. The fourth-order valence-corrected chi connectivity index (χ4v) is 3.27. The van der Waals surface area contributed by atoms with Crippen molar-refractivity contribution in [1.29, 1.82) is 0 Å². The highest BCUT2D eigenvalue weighted by Crippen LogP contribution is 2.25. The van der Waals surface area contributed by atoms with Crippen molar-refractivity contribution in [1.82, 2.24) is 14.9 Å². The highest BCUT2D eigenvalue weighted by Gasteiger charge is 2.15. The summed E-state index contributed by atoms with van der Waals surface area (Å²) in [5.74, 6) is 0.882. The second kappa shape index (κ2) is 6.60. The molecule has 1 unspecified atom stereocenters. The maximum absolute atomic E-state index is 5.98. The van der Waals surface area contributed by atoms with Gasteiger partial charge in [0.15, 0.2) is 0 Å². The Labute approximate surface area is 138 Å². The van der Waals surface area contributed by atoms with Crippen molar-refractivity contribution in [3.8, 4) is 0 Å². The molecule has 0 aliphatic heterocycles. The van der Waals surface area contributed by atoms with Crippen LogP contribution < -0.4 is 5.32 Å². The van der Waals surface area contributed by atoms with Gasteiger partial charge < -0.3 is 10.2 Å². The van der Waals surface area contributed by atoms with Crippen molar-refractivity contribution in [3.63, 3.8) is 0 Å². The van der Waals surface area contributed by atoms with Crippen LogP contribution in [-0.4, -0.2) is 35.5 Å². The Morgan fingerprint density at radius 3 is 2.68 bits per heavy atom. The van der Waals surface area contributed by atoms with Gasteiger partial charge in [-0.15, -0.1) is 11.3 Å². The normalized spacial score (nSPS) is 12.7. The molecule has 0 radical (unpaired) electrons. The zero-order valence-corrected chi connectivity index (χ0v) is 14.0. The Hall–Kier alpha value is -1.69. The Kier molecular flexibility index (Phi) is 4.57. The first kappa shape index (κ1) is 15.2. The third kappa shape index (κ3) is 3.21. The monoisotopic (exact) mass is 332 g/mol. The molecule has 0 bridgehead atoms. The predicted octanol–water partition coefficient (Wildman–Crippen LogP) is 4.06. The molecular weight excluding hydrogens is 316 g/mol. The molecular formula is C16H17ClN4S. The lowest BCUT2D eigenvalue weighted by Gasteiger charge is -2.25. The largest absolute Gasteiger partial charge is 0.368 e. The fraction of sp³-hybridized carbons (Fsp3) is 0.250. The quantitative estimate of drug-likeness (QED) is 0.765. The molecule has 0 amide bonds. The van der Waals surface area contributed by atoms with Gasteiger partial charge in [-0.3, -0.25) is 0 Å². The van der Waals surface area contributed by atoms with Crippen LogP contribution in [0.15, 0.2) is 42.0 Å². The second-order valence-corrected chi connectivity index (χ2v) is 6.60. The van der Waals surface area contributed by atoms with E-state index in [1.54, 1.807) is 17.7 Å². The van der Waals surface area contributed by atoms with E-state index in [2.05, 4.69) is 52.5 Å². The van der Waals surface area contributed by atoms with Crippen molar-refractivity contribution in [2.24, 2.45) is 0 Å². The van der Waals surface area contributed by atoms with E-state index in [1.807, 2.05) is 17.5 Å². The highest BCUT2D eigenvalue weighted by molar-refractivity contribution is 7.16. The van der Waals surface area contributed by atoms with Gasteiger partial charge in [-0.05, 0) is 43.2 Å². The number of rotatable bonds is 5. The van der Waals surface area contributed by atoms with Crippen LogP contribution in [-0.2, 0) is 0 Å². The number of hydrogen-bond acceptors (Lipinski definition) is 5. The van der Waals surface area contributed by atoms with Crippen LogP contribution >= 0.6 is 22.9 Å². The second-order valence-electron chi connectivity index (χ2n) is 5.27. The lowest BCUT2D eigenvalue weighted by atomic mass is 10.1. The standard InChI is InChI=1S/C16H17ClN4S/c1-21(2)14(11-3-5-12(17)6-4-11)9-18-15-13-7-8-22-16(13)20-10-19-15/h3-8,10,14H,9H2,1-2H3,(H,18,19,20). The van der Waals surface area contributed by atoms with Crippen LogP contribution in [0.1, 0.15) is 11.6 Å². The number of anilines is 1. The summed E-state index contributed by atoms with van der Waals surface area (Å²) in [4.78, 5) is 11.8. The molecule has 0 aliphatic rings. The molecule has 0 spiro atoms. The molecule has 1 N–H and O–H groups in total. The van der Waals surface area contributed by atoms with Gasteiger partial charge in [-0.1, -0.05) is 23.7 Å². The third-order valence-electron chi connectivity index (χ3n) is 3.60. The van der Waals surface area contributed by atoms with Gasteiger partial charge in [0, 0.05) is 11.6 Å². The molecule has 0 saturated heterocycles. The van der Waals surface area contributed by atoms with E-state index in [-0.39, 0.29) is 6.04 Å². The van der Waals surface area contributed by atoms with E-state index in [0.717, 1.165) is 27.6 Å². The van der Waals surface area contributed by atoms with Crippen molar-refractivity contribution >= 4 is 39.0 Å². The Morgan fingerprint density at radius 2 is 1.95 bits per heavy atom. The van der Waals surface area contributed by atoms with E-state index in [0.29, 0.717) is 0 Å².